The summed E-state index contributed by atoms with van der Waals surface area (Å²) in [6.45, 7) is 5.13. The number of piperidine rings is 1. The average Bonchev–Trinajstić information content (AvgIpc) is 3.01. The number of benzene rings is 1. The Morgan fingerprint density at radius 2 is 2.32 bits per heavy atom. The van der Waals surface area contributed by atoms with Crippen molar-refractivity contribution in [1.29, 1.82) is 0 Å². The minimum absolute atomic E-state index is 0.00133. The van der Waals surface area contributed by atoms with E-state index in [4.69, 9.17) is 0 Å². The first-order valence-corrected chi connectivity index (χ1v) is 7.44. The summed E-state index contributed by atoms with van der Waals surface area (Å²) in [6, 6.07) is 7.28. The molecule has 3 rings (SSSR count). The molecule has 2 heterocycles. The minimum Gasteiger partial charge on any atom is -0.325 e. The molecule has 1 fully saturated rings. The summed E-state index contributed by atoms with van der Waals surface area (Å²) in [6.07, 6.45) is 3.67. The number of rotatable bonds is 3. The van der Waals surface area contributed by atoms with Gasteiger partial charge < -0.3 is 10.6 Å². The van der Waals surface area contributed by atoms with Gasteiger partial charge in [-0.2, -0.15) is 0 Å². The van der Waals surface area contributed by atoms with Crippen LogP contribution in [0.5, 0.6) is 0 Å². The van der Waals surface area contributed by atoms with Crippen LogP contribution >= 0.6 is 0 Å². The predicted octanol–water partition coefficient (Wildman–Crippen LogP) is 1.38. The van der Waals surface area contributed by atoms with Crippen molar-refractivity contribution < 1.29 is 4.79 Å². The lowest BCUT2D eigenvalue weighted by Crippen LogP contribution is -2.53. The molecule has 7 nitrogen and oxygen atoms in total. The van der Waals surface area contributed by atoms with E-state index in [0.717, 1.165) is 30.8 Å². The minimum atomic E-state index is -0.182. The van der Waals surface area contributed by atoms with E-state index >= 15 is 0 Å². The van der Waals surface area contributed by atoms with E-state index in [0.29, 0.717) is 0 Å². The Kier molecular flexibility index (Phi) is 3.89. The number of hydrogen-bond acceptors (Lipinski definition) is 5. The highest BCUT2D eigenvalue weighted by Crippen LogP contribution is 2.30. The molecule has 116 valence electrons. The van der Waals surface area contributed by atoms with Crippen molar-refractivity contribution >= 4 is 11.6 Å². The molecule has 2 aromatic rings. The van der Waals surface area contributed by atoms with Crippen molar-refractivity contribution in [2.45, 2.75) is 32.7 Å². The third-order valence-corrected chi connectivity index (χ3v) is 4.12. The van der Waals surface area contributed by atoms with Gasteiger partial charge in [0.2, 0.25) is 5.91 Å². The Morgan fingerprint density at radius 1 is 1.45 bits per heavy atom. The highest BCUT2D eigenvalue weighted by atomic mass is 16.2. The zero-order valence-corrected chi connectivity index (χ0v) is 12.8. The van der Waals surface area contributed by atoms with Crippen LogP contribution in [0.4, 0.5) is 5.69 Å². The lowest BCUT2D eigenvalue weighted by molar-refractivity contribution is -0.121. The van der Waals surface area contributed by atoms with Crippen LogP contribution in [0, 0.1) is 5.41 Å². The van der Waals surface area contributed by atoms with Crippen molar-refractivity contribution in [1.82, 2.24) is 25.5 Å². The highest BCUT2D eigenvalue weighted by Gasteiger charge is 2.37. The second-order valence-corrected chi connectivity index (χ2v) is 6.27. The fourth-order valence-corrected chi connectivity index (χ4v) is 2.88. The maximum absolute atomic E-state index is 12.6. The molecule has 0 spiro atoms. The zero-order valence-electron chi connectivity index (χ0n) is 12.8. The number of nitrogens with zero attached hydrogens (tertiary/aromatic N) is 4. The van der Waals surface area contributed by atoms with Crippen LogP contribution in [-0.2, 0) is 4.79 Å². The molecule has 1 aromatic heterocycles. The zero-order chi connectivity index (χ0) is 15.6. The molecule has 0 radical (unpaired) electrons. The second-order valence-electron chi connectivity index (χ2n) is 6.27. The van der Waals surface area contributed by atoms with Gasteiger partial charge in [-0.15, -0.1) is 5.10 Å². The number of anilines is 1. The molecule has 0 bridgehead atoms. The van der Waals surface area contributed by atoms with Crippen molar-refractivity contribution in [3.8, 4) is 5.69 Å². The topological polar surface area (TPSA) is 84.7 Å². The SMILES string of the molecule is CC1(C)CCCNC1C(=O)Nc1cccc(-n2cnnn2)c1. The van der Waals surface area contributed by atoms with Gasteiger partial charge in [-0.05, 0) is 53.4 Å². The lowest BCUT2D eigenvalue weighted by atomic mass is 9.77. The van der Waals surface area contributed by atoms with Gasteiger partial charge in [0.1, 0.15) is 6.33 Å². The summed E-state index contributed by atoms with van der Waals surface area (Å²) in [4.78, 5) is 12.6. The molecule has 1 aromatic carbocycles. The molecule has 1 aliphatic heterocycles. The van der Waals surface area contributed by atoms with Crippen LogP contribution in [0.3, 0.4) is 0 Å². The maximum atomic E-state index is 12.6. The fraction of sp³-hybridized carbons (Fsp3) is 0.467. The van der Waals surface area contributed by atoms with Gasteiger partial charge in [-0.3, -0.25) is 4.79 Å². The Labute approximate surface area is 129 Å². The van der Waals surface area contributed by atoms with Crippen LogP contribution in [-0.4, -0.2) is 38.7 Å². The van der Waals surface area contributed by atoms with E-state index in [-0.39, 0.29) is 17.4 Å². The van der Waals surface area contributed by atoms with E-state index in [1.54, 1.807) is 4.68 Å². The summed E-state index contributed by atoms with van der Waals surface area (Å²) in [5, 5.41) is 17.4. The number of aromatic nitrogens is 4. The summed E-state index contributed by atoms with van der Waals surface area (Å²) >= 11 is 0. The number of nitrogens with one attached hydrogen (secondary N) is 2. The Hall–Kier alpha value is -2.28. The average molecular weight is 300 g/mol. The normalized spacial score (nSPS) is 20.5. The third kappa shape index (κ3) is 2.99. The predicted molar refractivity (Wildman–Crippen MR) is 82.6 cm³/mol. The van der Waals surface area contributed by atoms with Gasteiger partial charge in [-0.1, -0.05) is 19.9 Å². The second kappa shape index (κ2) is 5.84. The van der Waals surface area contributed by atoms with Crippen molar-refractivity contribution in [2.75, 3.05) is 11.9 Å². The Bertz CT molecular complexity index is 652. The molecule has 1 amide bonds. The molecule has 1 aliphatic rings. The van der Waals surface area contributed by atoms with E-state index in [1.807, 2.05) is 24.3 Å². The van der Waals surface area contributed by atoms with Crippen LogP contribution < -0.4 is 10.6 Å². The van der Waals surface area contributed by atoms with Gasteiger partial charge in [-0.25, -0.2) is 4.68 Å². The standard InChI is InChI=1S/C15H20N6O/c1-15(2)7-4-8-16-13(15)14(22)18-11-5-3-6-12(9-11)21-10-17-19-20-21/h3,5-6,9-10,13,16H,4,7-8H2,1-2H3,(H,18,22). The molecule has 1 unspecified atom stereocenters. The number of amides is 1. The monoisotopic (exact) mass is 300 g/mol. The highest BCUT2D eigenvalue weighted by molar-refractivity contribution is 5.95. The van der Waals surface area contributed by atoms with E-state index in [1.165, 1.54) is 6.33 Å². The summed E-state index contributed by atoms with van der Waals surface area (Å²) < 4.78 is 1.55. The van der Waals surface area contributed by atoms with E-state index < -0.39 is 0 Å². The van der Waals surface area contributed by atoms with Crippen LogP contribution in [0.2, 0.25) is 0 Å². The van der Waals surface area contributed by atoms with Crippen molar-refractivity contribution in [3.63, 3.8) is 0 Å². The lowest BCUT2D eigenvalue weighted by Gasteiger charge is -2.38. The van der Waals surface area contributed by atoms with Gasteiger partial charge in [0.15, 0.2) is 0 Å². The third-order valence-electron chi connectivity index (χ3n) is 4.12. The molecule has 22 heavy (non-hydrogen) atoms. The molecule has 1 atom stereocenters. The number of hydrogen-bond donors (Lipinski definition) is 2. The first kappa shape index (κ1) is 14.6. The first-order valence-electron chi connectivity index (χ1n) is 7.44. The Balaban J connectivity index is 1.75. The Morgan fingerprint density at radius 3 is 3.05 bits per heavy atom. The summed E-state index contributed by atoms with van der Waals surface area (Å²) in [5.74, 6) is -0.00133. The smallest absolute Gasteiger partial charge is 0.242 e. The number of carbonyl (C=O) groups excluding carboxylic acids is 1. The molecule has 2 N–H and O–H groups in total. The van der Waals surface area contributed by atoms with Gasteiger partial charge in [0, 0.05) is 5.69 Å². The molecular weight excluding hydrogens is 280 g/mol. The first-order chi connectivity index (χ1) is 10.6. The van der Waals surface area contributed by atoms with E-state index in [2.05, 4.69) is 40.0 Å². The largest absolute Gasteiger partial charge is 0.325 e. The van der Waals surface area contributed by atoms with Crippen LogP contribution in [0.15, 0.2) is 30.6 Å². The molecule has 1 saturated heterocycles. The quantitative estimate of drug-likeness (QED) is 0.894. The summed E-state index contributed by atoms with van der Waals surface area (Å²) in [5.41, 5.74) is 1.50. The molecule has 0 saturated carbocycles. The van der Waals surface area contributed by atoms with E-state index in [9.17, 15) is 4.79 Å². The van der Waals surface area contributed by atoms with Crippen LogP contribution in [0.25, 0.3) is 5.69 Å². The van der Waals surface area contributed by atoms with Crippen molar-refractivity contribution in [2.24, 2.45) is 5.41 Å². The fourth-order valence-electron chi connectivity index (χ4n) is 2.88. The van der Waals surface area contributed by atoms with Gasteiger partial charge in [0.05, 0.1) is 11.7 Å². The summed E-state index contributed by atoms with van der Waals surface area (Å²) in [7, 11) is 0. The number of tetrazole rings is 1. The molecule has 7 heteroatoms. The van der Waals surface area contributed by atoms with Gasteiger partial charge in [0.25, 0.3) is 0 Å². The number of carbonyl (C=O) groups is 1. The van der Waals surface area contributed by atoms with Crippen molar-refractivity contribution in [3.05, 3.63) is 30.6 Å². The molecule has 0 aliphatic carbocycles. The van der Waals surface area contributed by atoms with Gasteiger partial charge >= 0.3 is 0 Å². The maximum Gasteiger partial charge on any atom is 0.242 e. The van der Waals surface area contributed by atoms with Crippen LogP contribution in [0.1, 0.15) is 26.7 Å². The molecular formula is C15H20N6O.